The van der Waals surface area contributed by atoms with Crippen molar-refractivity contribution in [2.75, 3.05) is 18.5 Å². The summed E-state index contributed by atoms with van der Waals surface area (Å²) in [4.78, 5) is 12.3. The molecule has 1 unspecified atom stereocenters. The summed E-state index contributed by atoms with van der Waals surface area (Å²) in [6.45, 7) is 0.934. The first kappa shape index (κ1) is 18.8. The van der Waals surface area contributed by atoms with E-state index in [0.717, 1.165) is 12.8 Å². The molecular weight excluding hydrogens is 376 g/mol. The summed E-state index contributed by atoms with van der Waals surface area (Å²) in [5.41, 5.74) is 0.917. The minimum atomic E-state index is -3.61. The van der Waals surface area contributed by atoms with Gasteiger partial charge in [-0.25, -0.2) is 13.1 Å². The van der Waals surface area contributed by atoms with E-state index in [9.17, 15) is 13.2 Å². The molecule has 1 saturated heterocycles. The maximum Gasteiger partial charge on any atom is 0.255 e. The molecule has 1 aliphatic heterocycles. The summed E-state index contributed by atoms with van der Waals surface area (Å²) in [5.74, 6) is -0.320. The predicted octanol–water partition coefficient (Wildman–Crippen LogP) is 3.05. The van der Waals surface area contributed by atoms with E-state index in [4.69, 9.17) is 16.3 Å². The zero-order chi connectivity index (χ0) is 18.6. The lowest BCUT2D eigenvalue weighted by molar-refractivity contribution is 0.102. The Morgan fingerprint density at radius 1 is 1.19 bits per heavy atom. The highest BCUT2D eigenvalue weighted by molar-refractivity contribution is 7.89. The van der Waals surface area contributed by atoms with Crippen LogP contribution in [0.2, 0.25) is 5.02 Å². The number of sulfonamides is 1. The Hall–Kier alpha value is -1.93. The van der Waals surface area contributed by atoms with Crippen molar-refractivity contribution < 1.29 is 17.9 Å². The van der Waals surface area contributed by atoms with Crippen molar-refractivity contribution in [3.63, 3.8) is 0 Å². The highest BCUT2D eigenvalue weighted by Gasteiger charge is 2.20. The van der Waals surface area contributed by atoms with Gasteiger partial charge < -0.3 is 10.1 Å². The van der Waals surface area contributed by atoms with Crippen LogP contribution < -0.4 is 10.0 Å². The molecule has 1 heterocycles. The molecule has 26 heavy (non-hydrogen) atoms. The average Bonchev–Trinajstić information content (AvgIpc) is 3.14. The van der Waals surface area contributed by atoms with E-state index in [1.165, 1.54) is 12.1 Å². The van der Waals surface area contributed by atoms with Crippen molar-refractivity contribution in [2.45, 2.75) is 23.8 Å². The van der Waals surface area contributed by atoms with Crippen LogP contribution in [0.5, 0.6) is 0 Å². The van der Waals surface area contributed by atoms with Crippen LogP contribution in [0.3, 0.4) is 0 Å². The van der Waals surface area contributed by atoms with E-state index in [-0.39, 0.29) is 23.5 Å². The number of halogens is 1. The fourth-order valence-electron chi connectivity index (χ4n) is 2.64. The summed E-state index contributed by atoms with van der Waals surface area (Å²) < 4.78 is 32.6. The molecule has 138 valence electrons. The Balaban J connectivity index is 1.63. The summed E-state index contributed by atoms with van der Waals surface area (Å²) in [7, 11) is -3.61. The number of carbonyl (C=O) groups excluding carboxylic acids is 1. The number of hydrogen-bond acceptors (Lipinski definition) is 4. The third-order valence-corrected chi connectivity index (χ3v) is 5.71. The zero-order valence-corrected chi connectivity index (χ0v) is 15.5. The lowest BCUT2D eigenvalue weighted by Crippen LogP contribution is -2.31. The number of anilines is 1. The van der Waals surface area contributed by atoms with Gasteiger partial charge in [-0.1, -0.05) is 17.7 Å². The summed E-state index contributed by atoms with van der Waals surface area (Å²) in [6, 6.07) is 12.6. The molecule has 2 aromatic carbocycles. The average molecular weight is 395 g/mol. The molecule has 1 aliphatic rings. The molecule has 6 nitrogen and oxygen atoms in total. The lowest BCUT2D eigenvalue weighted by atomic mass is 10.2. The summed E-state index contributed by atoms with van der Waals surface area (Å²) >= 11 is 5.88. The second kappa shape index (κ2) is 8.18. The minimum Gasteiger partial charge on any atom is -0.377 e. The molecule has 2 aromatic rings. The van der Waals surface area contributed by atoms with Crippen LogP contribution in [0, 0.1) is 0 Å². The normalized spacial score (nSPS) is 17.2. The zero-order valence-electron chi connectivity index (χ0n) is 13.9. The Morgan fingerprint density at radius 3 is 2.62 bits per heavy atom. The molecule has 0 aromatic heterocycles. The second-order valence-corrected chi connectivity index (χ2v) is 8.18. The van der Waals surface area contributed by atoms with Crippen LogP contribution in [0.15, 0.2) is 53.4 Å². The number of ether oxygens (including phenoxy) is 1. The highest BCUT2D eigenvalue weighted by Crippen LogP contribution is 2.17. The monoisotopic (exact) mass is 394 g/mol. The van der Waals surface area contributed by atoms with Gasteiger partial charge in [-0.05, 0) is 55.3 Å². The van der Waals surface area contributed by atoms with E-state index in [1.807, 2.05) is 0 Å². The van der Waals surface area contributed by atoms with Gasteiger partial charge >= 0.3 is 0 Å². The van der Waals surface area contributed by atoms with Crippen LogP contribution in [-0.2, 0) is 14.8 Å². The molecule has 0 spiro atoms. The quantitative estimate of drug-likeness (QED) is 0.788. The maximum absolute atomic E-state index is 12.3. The van der Waals surface area contributed by atoms with Crippen LogP contribution in [0.1, 0.15) is 23.2 Å². The van der Waals surface area contributed by atoms with E-state index < -0.39 is 10.0 Å². The maximum atomic E-state index is 12.3. The number of amides is 1. The van der Waals surface area contributed by atoms with Gasteiger partial charge in [0.2, 0.25) is 10.0 Å². The molecular formula is C18H19ClN2O4S. The van der Waals surface area contributed by atoms with Crippen LogP contribution >= 0.6 is 11.6 Å². The number of carbonyl (C=O) groups is 1. The van der Waals surface area contributed by atoms with Gasteiger partial charge in [-0.2, -0.15) is 0 Å². The molecule has 1 amide bonds. The first-order chi connectivity index (χ1) is 12.4. The first-order valence-corrected chi connectivity index (χ1v) is 10.1. The Kier molecular flexibility index (Phi) is 5.93. The molecule has 1 fully saturated rings. The van der Waals surface area contributed by atoms with Gasteiger partial charge in [-0.3, -0.25) is 4.79 Å². The minimum absolute atomic E-state index is 0.0685. The van der Waals surface area contributed by atoms with Gasteiger partial charge in [0, 0.05) is 29.4 Å². The Morgan fingerprint density at radius 2 is 1.96 bits per heavy atom. The number of rotatable bonds is 6. The van der Waals surface area contributed by atoms with Gasteiger partial charge in [0.15, 0.2) is 0 Å². The predicted molar refractivity (Wildman–Crippen MR) is 100 cm³/mol. The molecule has 2 N–H and O–H groups in total. The SMILES string of the molecule is O=C(Nc1ccc(S(=O)(=O)NCC2CCCO2)cc1)c1cccc(Cl)c1. The molecule has 0 radical (unpaired) electrons. The Labute approximate surface area is 157 Å². The first-order valence-electron chi connectivity index (χ1n) is 8.22. The third kappa shape index (κ3) is 4.82. The van der Waals surface area contributed by atoms with E-state index in [2.05, 4.69) is 10.0 Å². The van der Waals surface area contributed by atoms with Gasteiger partial charge in [0.25, 0.3) is 5.91 Å². The van der Waals surface area contributed by atoms with Gasteiger partial charge in [0.05, 0.1) is 11.0 Å². The van der Waals surface area contributed by atoms with Crippen molar-refractivity contribution in [1.29, 1.82) is 0 Å². The fourth-order valence-corrected chi connectivity index (χ4v) is 3.90. The molecule has 0 saturated carbocycles. The smallest absolute Gasteiger partial charge is 0.255 e. The highest BCUT2D eigenvalue weighted by atomic mass is 35.5. The summed E-state index contributed by atoms with van der Waals surface area (Å²) in [5, 5.41) is 3.18. The molecule has 8 heteroatoms. The van der Waals surface area contributed by atoms with Crippen LogP contribution in [-0.4, -0.2) is 33.6 Å². The number of hydrogen-bond donors (Lipinski definition) is 2. The van der Waals surface area contributed by atoms with Crippen molar-refractivity contribution in [3.05, 3.63) is 59.1 Å². The largest absolute Gasteiger partial charge is 0.377 e. The molecule has 3 rings (SSSR count). The van der Waals surface area contributed by atoms with Crippen molar-refractivity contribution in [2.24, 2.45) is 0 Å². The number of benzene rings is 2. The van der Waals surface area contributed by atoms with Crippen molar-refractivity contribution >= 4 is 33.2 Å². The Bertz CT molecular complexity index is 878. The fraction of sp³-hybridized carbons (Fsp3) is 0.278. The van der Waals surface area contributed by atoms with Crippen molar-refractivity contribution in [1.82, 2.24) is 4.72 Å². The van der Waals surface area contributed by atoms with Gasteiger partial charge in [-0.15, -0.1) is 0 Å². The standard InChI is InChI=1S/C18H19ClN2O4S/c19-14-4-1-3-13(11-14)18(22)21-15-6-8-17(9-7-15)26(23,24)20-12-16-5-2-10-25-16/h1,3-4,6-9,11,16,20H,2,5,10,12H2,(H,21,22). The van der Waals surface area contributed by atoms with Crippen LogP contribution in [0.25, 0.3) is 0 Å². The molecule has 0 bridgehead atoms. The second-order valence-electron chi connectivity index (χ2n) is 5.98. The molecule has 0 aliphatic carbocycles. The topological polar surface area (TPSA) is 84.5 Å². The van der Waals surface area contributed by atoms with Crippen LogP contribution in [0.4, 0.5) is 5.69 Å². The number of nitrogens with one attached hydrogen (secondary N) is 2. The summed E-state index contributed by atoms with van der Waals surface area (Å²) in [6.07, 6.45) is 1.74. The van der Waals surface area contributed by atoms with E-state index in [1.54, 1.807) is 36.4 Å². The van der Waals surface area contributed by atoms with Gasteiger partial charge in [0.1, 0.15) is 0 Å². The third-order valence-electron chi connectivity index (χ3n) is 4.03. The van der Waals surface area contributed by atoms with E-state index in [0.29, 0.717) is 22.9 Å². The molecule has 1 atom stereocenters. The lowest BCUT2D eigenvalue weighted by Gasteiger charge is -2.12. The van der Waals surface area contributed by atoms with Crippen molar-refractivity contribution in [3.8, 4) is 0 Å². The van der Waals surface area contributed by atoms with E-state index >= 15 is 0 Å².